The standard InChI is InChI=1S/C29H36N4O3S/c1-8-24(16-22(3)21(2)14-15-30-7)32-27(34)26(17-23-12-10-9-11-13-23)33(18-25-19-37-20-31-25)28(35)36-29(4,5)6/h8-16,19-20,26H,2,7,17-18H2,1,3-6H3,(H,32,34). The van der Waals surface area contributed by atoms with Crippen molar-refractivity contribution in [2.24, 2.45) is 4.99 Å². The molecule has 1 unspecified atom stereocenters. The molecule has 0 spiro atoms. The quantitative estimate of drug-likeness (QED) is 0.281. The van der Waals surface area contributed by atoms with E-state index in [2.05, 4.69) is 28.6 Å². The van der Waals surface area contributed by atoms with Gasteiger partial charge in [0.25, 0.3) is 0 Å². The van der Waals surface area contributed by atoms with Crippen molar-refractivity contribution in [3.05, 3.63) is 100 Å². The predicted octanol–water partition coefficient (Wildman–Crippen LogP) is 6.23. The first kappa shape index (κ1) is 29.5. The van der Waals surface area contributed by atoms with Gasteiger partial charge in [-0.05, 0) is 70.2 Å². The molecule has 0 bridgehead atoms. The van der Waals surface area contributed by atoms with Crippen LogP contribution in [0.5, 0.6) is 0 Å². The highest BCUT2D eigenvalue weighted by Gasteiger charge is 2.34. The van der Waals surface area contributed by atoms with Gasteiger partial charge in [0, 0.05) is 23.7 Å². The predicted molar refractivity (Wildman–Crippen MR) is 151 cm³/mol. The fourth-order valence-corrected chi connectivity index (χ4v) is 3.86. The van der Waals surface area contributed by atoms with E-state index in [1.165, 1.54) is 16.2 Å². The number of ether oxygens (including phenoxy) is 1. The molecule has 0 aliphatic heterocycles. The van der Waals surface area contributed by atoms with Gasteiger partial charge in [0.15, 0.2) is 0 Å². The molecule has 1 heterocycles. The Morgan fingerprint density at radius 2 is 1.97 bits per heavy atom. The van der Waals surface area contributed by atoms with Crippen molar-refractivity contribution < 1.29 is 14.3 Å². The van der Waals surface area contributed by atoms with Crippen molar-refractivity contribution in [3.63, 3.8) is 0 Å². The number of aromatic nitrogens is 1. The van der Waals surface area contributed by atoms with Crippen LogP contribution in [0.1, 0.15) is 45.9 Å². The summed E-state index contributed by atoms with van der Waals surface area (Å²) >= 11 is 1.43. The highest BCUT2D eigenvalue weighted by molar-refractivity contribution is 7.07. The van der Waals surface area contributed by atoms with Crippen LogP contribution in [0.25, 0.3) is 0 Å². The first-order valence-corrected chi connectivity index (χ1v) is 12.9. The molecule has 1 atom stereocenters. The fourth-order valence-electron chi connectivity index (χ4n) is 3.31. The molecule has 1 aromatic carbocycles. The largest absolute Gasteiger partial charge is 0.444 e. The van der Waals surface area contributed by atoms with Gasteiger partial charge in [-0.2, -0.15) is 0 Å². The highest BCUT2D eigenvalue weighted by Crippen LogP contribution is 2.19. The number of hydrogen-bond acceptors (Lipinski definition) is 6. The molecule has 2 rings (SSSR count). The molecule has 1 aromatic heterocycles. The Kier molecular flexibility index (Phi) is 11.2. The highest BCUT2D eigenvalue weighted by atomic mass is 32.1. The lowest BCUT2D eigenvalue weighted by molar-refractivity contribution is -0.125. The summed E-state index contributed by atoms with van der Waals surface area (Å²) in [7, 11) is 0. The Bertz CT molecular complexity index is 1160. The molecule has 8 heteroatoms. The number of amides is 2. The second-order valence-corrected chi connectivity index (χ2v) is 10.1. The third-order valence-corrected chi connectivity index (χ3v) is 5.87. The van der Waals surface area contributed by atoms with Crippen molar-refractivity contribution in [2.45, 2.75) is 59.2 Å². The molecule has 2 amide bonds. The lowest BCUT2D eigenvalue weighted by Crippen LogP contribution is -2.51. The van der Waals surface area contributed by atoms with Crippen molar-refractivity contribution >= 4 is 30.1 Å². The van der Waals surface area contributed by atoms with Gasteiger partial charge in [0.2, 0.25) is 5.91 Å². The van der Waals surface area contributed by atoms with Crippen LogP contribution in [0, 0.1) is 0 Å². The zero-order chi connectivity index (χ0) is 27.4. The van der Waals surface area contributed by atoms with Gasteiger partial charge in [0.1, 0.15) is 11.6 Å². The molecule has 0 aliphatic carbocycles. The number of carbonyl (C=O) groups is 2. The van der Waals surface area contributed by atoms with E-state index < -0.39 is 17.7 Å². The summed E-state index contributed by atoms with van der Waals surface area (Å²) in [5.74, 6) is -0.337. The molecule has 0 fully saturated rings. The summed E-state index contributed by atoms with van der Waals surface area (Å²) in [6.45, 7) is 16.7. The summed E-state index contributed by atoms with van der Waals surface area (Å²) < 4.78 is 5.71. The van der Waals surface area contributed by atoms with Crippen LogP contribution in [0.3, 0.4) is 0 Å². The van der Waals surface area contributed by atoms with E-state index in [4.69, 9.17) is 4.74 Å². The number of allylic oxidation sites excluding steroid dienone is 5. The van der Waals surface area contributed by atoms with Crippen molar-refractivity contribution in [1.29, 1.82) is 0 Å². The van der Waals surface area contributed by atoms with Crippen LogP contribution in [-0.4, -0.2) is 40.2 Å². The average molecular weight is 521 g/mol. The molecule has 0 radical (unpaired) electrons. The number of hydrogen-bond donors (Lipinski definition) is 1. The minimum absolute atomic E-state index is 0.138. The first-order chi connectivity index (χ1) is 17.5. The Labute approximate surface area is 224 Å². The van der Waals surface area contributed by atoms with Crippen molar-refractivity contribution in [1.82, 2.24) is 15.2 Å². The maximum Gasteiger partial charge on any atom is 0.411 e. The minimum atomic E-state index is -0.851. The summed E-state index contributed by atoms with van der Waals surface area (Å²) in [4.78, 5) is 36.6. The third-order valence-electron chi connectivity index (χ3n) is 5.23. The molecule has 0 aliphatic rings. The molecule has 1 N–H and O–H groups in total. The minimum Gasteiger partial charge on any atom is -0.444 e. The topological polar surface area (TPSA) is 83.9 Å². The fraction of sp³-hybridized carbons (Fsp3) is 0.310. The maximum atomic E-state index is 13.8. The lowest BCUT2D eigenvalue weighted by Gasteiger charge is -2.32. The van der Waals surface area contributed by atoms with Crippen LogP contribution < -0.4 is 5.32 Å². The summed E-state index contributed by atoms with van der Waals surface area (Å²) in [5.41, 5.74) is 4.73. The Hall–Kier alpha value is -3.78. The van der Waals surface area contributed by atoms with E-state index in [-0.39, 0.29) is 12.5 Å². The number of rotatable bonds is 11. The number of thiazole rings is 1. The summed E-state index contributed by atoms with van der Waals surface area (Å²) in [5, 5.41) is 4.84. The third kappa shape index (κ3) is 10.0. The van der Waals surface area contributed by atoms with Gasteiger partial charge < -0.3 is 10.1 Å². The maximum absolute atomic E-state index is 13.8. The number of aliphatic imine (C=N–C) groups is 1. The van der Waals surface area contributed by atoms with Gasteiger partial charge in [0.05, 0.1) is 17.7 Å². The van der Waals surface area contributed by atoms with Gasteiger partial charge >= 0.3 is 6.09 Å². The normalized spacial score (nSPS) is 13.2. The van der Waals surface area contributed by atoms with Crippen LogP contribution in [-0.2, 0) is 22.5 Å². The van der Waals surface area contributed by atoms with Crippen molar-refractivity contribution in [2.75, 3.05) is 0 Å². The summed E-state index contributed by atoms with van der Waals surface area (Å²) in [6.07, 6.45) is 6.63. The van der Waals surface area contributed by atoms with Gasteiger partial charge in [-0.1, -0.05) is 43.0 Å². The number of benzene rings is 1. The smallest absolute Gasteiger partial charge is 0.411 e. The Morgan fingerprint density at radius 3 is 2.54 bits per heavy atom. The van der Waals surface area contributed by atoms with Gasteiger partial charge in [-0.25, -0.2) is 9.78 Å². The van der Waals surface area contributed by atoms with Gasteiger partial charge in [-0.15, -0.1) is 11.3 Å². The van der Waals surface area contributed by atoms with Crippen LogP contribution in [0.4, 0.5) is 4.79 Å². The molecule has 196 valence electrons. The van der Waals surface area contributed by atoms with E-state index in [0.717, 1.165) is 16.7 Å². The average Bonchev–Trinajstić information content (AvgIpc) is 3.36. The number of carbonyl (C=O) groups excluding carboxylic acids is 2. The molecular weight excluding hydrogens is 484 g/mol. The van der Waals surface area contributed by atoms with E-state index >= 15 is 0 Å². The number of nitrogens with zero attached hydrogens (tertiary/aromatic N) is 3. The zero-order valence-corrected chi connectivity index (χ0v) is 23.0. The van der Waals surface area contributed by atoms with E-state index in [0.29, 0.717) is 17.8 Å². The lowest BCUT2D eigenvalue weighted by atomic mass is 10.0. The second kappa shape index (κ2) is 14.1. The number of nitrogens with one attached hydrogen (secondary N) is 1. The molecule has 2 aromatic rings. The molecule has 0 saturated heterocycles. The Morgan fingerprint density at radius 1 is 1.27 bits per heavy atom. The zero-order valence-electron chi connectivity index (χ0n) is 22.2. The van der Waals surface area contributed by atoms with E-state index in [9.17, 15) is 9.59 Å². The Balaban J connectivity index is 2.43. The first-order valence-electron chi connectivity index (χ1n) is 11.9. The van der Waals surface area contributed by atoms with Gasteiger partial charge in [-0.3, -0.25) is 14.7 Å². The summed E-state index contributed by atoms with van der Waals surface area (Å²) in [6, 6.07) is 8.73. The monoisotopic (exact) mass is 520 g/mol. The van der Waals surface area contributed by atoms with E-state index in [1.54, 1.807) is 44.6 Å². The van der Waals surface area contributed by atoms with Crippen LogP contribution in [0.2, 0.25) is 0 Å². The molecule has 7 nitrogen and oxygen atoms in total. The molecular formula is C29H36N4O3S. The van der Waals surface area contributed by atoms with E-state index in [1.807, 2.05) is 55.6 Å². The van der Waals surface area contributed by atoms with Crippen molar-refractivity contribution in [3.8, 4) is 0 Å². The van der Waals surface area contributed by atoms with Crippen LogP contribution >= 0.6 is 11.3 Å². The SMILES string of the molecule is C=NC=CC(=C)C(C)=CC(=CC)NC(=O)C(Cc1ccccc1)N(Cc1cscn1)C(=O)OC(C)(C)C. The molecule has 0 saturated carbocycles. The second-order valence-electron chi connectivity index (χ2n) is 9.38. The van der Waals surface area contributed by atoms with Crippen LogP contribution in [0.15, 0.2) is 94.1 Å². The molecule has 37 heavy (non-hydrogen) atoms.